The standard InChI is InChI=1S/C12H20N4O3/c1-3-4-9(7-10(17)18)16-12(19)15-8(2)11-13-5-6-14-11/h5-6,8-9H,3-4,7H2,1-2H3,(H,13,14)(H,17,18)(H2,15,16,19). The molecule has 1 rings (SSSR count). The van der Waals surface area contributed by atoms with E-state index in [0.717, 1.165) is 6.42 Å². The first-order valence-electron chi connectivity index (χ1n) is 6.31. The molecule has 2 atom stereocenters. The summed E-state index contributed by atoms with van der Waals surface area (Å²) in [6.07, 6.45) is 4.66. The molecule has 0 saturated heterocycles. The predicted octanol–water partition coefficient (Wildman–Crippen LogP) is 1.41. The van der Waals surface area contributed by atoms with Crippen LogP contribution in [0.15, 0.2) is 12.4 Å². The van der Waals surface area contributed by atoms with Crippen molar-refractivity contribution in [2.75, 3.05) is 0 Å². The van der Waals surface area contributed by atoms with Gasteiger partial charge in [0.25, 0.3) is 0 Å². The third-order valence-electron chi connectivity index (χ3n) is 2.67. The van der Waals surface area contributed by atoms with E-state index in [1.54, 1.807) is 19.3 Å². The van der Waals surface area contributed by atoms with Crippen molar-refractivity contribution < 1.29 is 14.7 Å². The molecule has 0 spiro atoms. The Balaban J connectivity index is 2.45. The van der Waals surface area contributed by atoms with Crippen LogP contribution in [-0.2, 0) is 4.79 Å². The first-order valence-corrected chi connectivity index (χ1v) is 6.31. The zero-order valence-corrected chi connectivity index (χ0v) is 11.1. The molecule has 0 aliphatic rings. The summed E-state index contributed by atoms with van der Waals surface area (Å²) in [5.41, 5.74) is 0. The van der Waals surface area contributed by atoms with Crippen molar-refractivity contribution in [2.24, 2.45) is 0 Å². The van der Waals surface area contributed by atoms with Crippen LogP contribution in [0.5, 0.6) is 0 Å². The number of hydrogen-bond acceptors (Lipinski definition) is 3. The molecule has 0 aliphatic heterocycles. The van der Waals surface area contributed by atoms with Gasteiger partial charge in [-0.15, -0.1) is 0 Å². The number of carboxylic acids is 1. The molecule has 0 bridgehead atoms. The fourth-order valence-electron chi connectivity index (χ4n) is 1.79. The Morgan fingerprint density at radius 1 is 1.47 bits per heavy atom. The van der Waals surface area contributed by atoms with Crippen molar-refractivity contribution in [2.45, 2.75) is 45.2 Å². The van der Waals surface area contributed by atoms with Gasteiger partial charge in [-0.2, -0.15) is 0 Å². The third-order valence-corrected chi connectivity index (χ3v) is 2.67. The number of rotatable bonds is 7. The maximum Gasteiger partial charge on any atom is 0.315 e. The monoisotopic (exact) mass is 268 g/mol. The fourth-order valence-corrected chi connectivity index (χ4v) is 1.79. The summed E-state index contributed by atoms with van der Waals surface area (Å²) in [6, 6.07) is -1.00. The van der Waals surface area contributed by atoms with Gasteiger partial charge in [0.2, 0.25) is 0 Å². The molecule has 0 radical (unpaired) electrons. The van der Waals surface area contributed by atoms with E-state index in [1.165, 1.54) is 0 Å². The summed E-state index contributed by atoms with van der Waals surface area (Å²) in [5, 5.41) is 14.1. The van der Waals surface area contributed by atoms with E-state index >= 15 is 0 Å². The number of H-pyrrole nitrogens is 1. The van der Waals surface area contributed by atoms with Crippen LogP contribution in [0.3, 0.4) is 0 Å². The van der Waals surface area contributed by atoms with Crippen molar-refractivity contribution in [3.63, 3.8) is 0 Å². The number of carboxylic acid groups (broad SMARTS) is 1. The molecule has 1 aromatic rings. The van der Waals surface area contributed by atoms with Crippen LogP contribution in [0.1, 0.15) is 45.0 Å². The van der Waals surface area contributed by atoms with Crippen LogP contribution in [0, 0.1) is 0 Å². The average molecular weight is 268 g/mol. The minimum atomic E-state index is -0.919. The molecule has 2 amide bonds. The maximum absolute atomic E-state index is 11.8. The van der Waals surface area contributed by atoms with Crippen molar-refractivity contribution >= 4 is 12.0 Å². The molecular weight excluding hydrogens is 248 g/mol. The number of aromatic nitrogens is 2. The quantitative estimate of drug-likeness (QED) is 0.599. The number of aliphatic carboxylic acids is 1. The second-order valence-electron chi connectivity index (χ2n) is 4.40. The van der Waals surface area contributed by atoms with Gasteiger partial charge in [0.1, 0.15) is 5.82 Å². The Kier molecular flexibility index (Phi) is 5.84. The lowest BCUT2D eigenvalue weighted by Crippen LogP contribution is -2.44. The molecule has 7 nitrogen and oxygen atoms in total. The second kappa shape index (κ2) is 7.40. The number of carbonyl (C=O) groups is 2. The lowest BCUT2D eigenvalue weighted by molar-refractivity contribution is -0.137. The van der Waals surface area contributed by atoms with Gasteiger partial charge in [-0.3, -0.25) is 4.79 Å². The molecule has 0 fully saturated rings. The zero-order valence-electron chi connectivity index (χ0n) is 11.1. The summed E-state index contributed by atoms with van der Waals surface area (Å²) >= 11 is 0. The summed E-state index contributed by atoms with van der Waals surface area (Å²) in [7, 11) is 0. The van der Waals surface area contributed by atoms with E-state index < -0.39 is 5.97 Å². The minimum Gasteiger partial charge on any atom is -0.481 e. The highest BCUT2D eigenvalue weighted by molar-refractivity contribution is 5.76. The van der Waals surface area contributed by atoms with Crippen LogP contribution < -0.4 is 10.6 Å². The number of carbonyl (C=O) groups excluding carboxylic acids is 1. The number of amides is 2. The van der Waals surface area contributed by atoms with Gasteiger partial charge < -0.3 is 20.7 Å². The Morgan fingerprint density at radius 3 is 2.74 bits per heavy atom. The molecule has 106 valence electrons. The zero-order chi connectivity index (χ0) is 14.3. The van der Waals surface area contributed by atoms with E-state index in [9.17, 15) is 9.59 Å². The first-order chi connectivity index (χ1) is 9.02. The lowest BCUT2D eigenvalue weighted by Gasteiger charge is -2.18. The summed E-state index contributed by atoms with van der Waals surface area (Å²) in [6.45, 7) is 3.74. The molecule has 2 unspecified atom stereocenters. The van der Waals surface area contributed by atoms with Gasteiger partial charge >= 0.3 is 12.0 Å². The van der Waals surface area contributed by atoms with E-state index in [0.29, 0.717) is 12.2 Å². The predicted molar refractivity (Wildman–Crippen MR) is 69.6 cm³/mol. The van der Waals surface area contributed by atoms with E-state index in [1.807, 2.05) is 6.92 Å². The first kappa shape index (κ1) is 15.0. The SMILES string of the molecule is CCCC(CC(=O)O)NC(=O)NC(C)c1ncc[nH]1. The highest BCUT2D eigenvalue weighted by Gasteiger charge is 2.17. The number of nitrogens with zero attached hydrogens (tertiary/aromatic N) is 1. The average Bonchev–Trinajstić information content (AvgIpc) is 2.81. The van der Waals surface area contributed by atoms with Crippen molar-refractivity contribution in [3.8, 4) is 0 Å². The van der Waals surface area contributed by atoms with Gasteiger partial charge in [0.05, 0.1) is 12.5 Å². The Hall–Kier alpha value is -2.05. The molecule has 1 aromatic heterocycles. The molecule has 0 saturated carbocycles. The molecule has 19 heavy (non-hydrogen) atoms. The van der Waals surface area contributed by atoms with Gasteiger partial charge in [-0.1, -0.05) is 13.3 Å². The number of hydrogen-bond donors (Lipinski definition) is 4. The topological polar surface area (TPSA) is 107 Å². The number of imidazole rings is 1. The van der Waals surface area contributed by atoms with Crippen LogP contribution in [0.25, 0.3) is 0 Å². The largest absolute Gasteiger partial charge is 0.481 e. The lowest BCUT2D eigenvalue weighted by atomic mass is 10.1. The van der Waals surface area contributed by atoms with Crippen LogP contribution in [0.2, 0.25) is 0 Å². The minimum absolute atomic E-state index is 0.0730. The fraction of sp³-hybridized carbons (Fsp3) is 0.583. The number of aromatic amines is 1. The van der Waals surface area contributed by atoms with Gasteiger partial charge in [0.15, 0.2) is 0 Å². The van der Waals surface area contributed by atoms with E-state index in [-0.39, 0.29) is 24.5 Å². The number of nitrogens with one attached hydrogen (secondary N) is 3. The summed E-state index contributed by atoms with van der Waals surface area (Å²) < 4.78 is 0. The van der Waals surface area contributed by atoms with E-state index in [4.69, 9.17) is 5.11 Å². The highest BCUT2D eigenvalue weighted by Crippen LogP contribution is 2.06. The molecule has 1 heterocycles. The van der Waals surface area contributed by atoms with Crippen LogP contribution in [-0.4, -0.2) is 33.1 Å². The number of urea groups is 1. The van der Waals surface area contributed by atoms with Gasteiger partial charge in [0, 0.05) is 18.4 Å². The normalized spacial score (nSPS) is 13.6. The Bertz CT molecular complexity index is 405. The molecule has 0 aliphatic carbocycles. The summed E-state index contributed by atoms with van der Waals surface area (Å²) in [4.78, 5) is 29.4. The Morgan fingerprint density at radius 2 is 2.21 bits per heavy atom. The third kappa shape index (κ3) is 5.41. The smallest absolute Gasteiger partial charge is 0.315 e. The second-order valence-corrected chi connectivity index (χ2v) is 4.40. The molecular formula is C12H20N4O3. The molecule has 0 aromatic carbocycles. The molecule has 7 heteroatoms. The Labute approximate surface area is 111 Å². The van der Waals surface area contributed by atoms with Crippen molar-refractivity contribution in [1.82, 2.24) is 20.6 Å². The molecule has 4 N–H and O–H groups in total. The van der Waals surface area contributed by atoms with Crippen molar-refractivity contribution in [3.05, 3.63) is 18.2 Å². The van der Waals surface area contributed by atoms with Gasteiger partial charge in [-0.25, -0.2) is 9.78 Å². The van der Waals surface area contributed by atoms with Gasteiger partial charge in [-0.05, 0) is 13.3 Å². The van der Waals surface area contributed by atoms with Crippen molar-refractivity contribution in [1.29, 1.82) is 0 Å². The highest BCUT2D eigenvalue weighted by atomic mass is 16.4. The van der Waals surface area contributed by atoms with Crippen LogP contribution >= 0.6 is 0 Å². The summed E-state index contributed by atoms with van der Waals surface area (Å²) in [5.74, 6) is -0.266. The van der Waals surface area contributed by atoms with Crippen LogP contribution in [0.4, 0.5) is 4.79 Å². The maximum atomic E-state index is 11.8. The van der Waals surface area contributed by atoms with E-state index in [2.05, 4.69) is 20.6 Å².